The van der Waals surface area contributed by atoms with E-state index in [1.807, 2.05) is 12.1 Å². The van der Waals surface area contributed by atoms with E-state index in [4.69, 9.17) is 9.72 Å². The molecule has 3 aromatic rings. The fourth-order valence-electron chi connectivity index (χ4n) is 4.10. The number of rotatable bonds is 7. The Morgan fingerprint density at radius 1 is 1.07 bits per heavy atom. The first-order valence-corrected chi connectivity index (χ1v) is 10.3. The van der Waals surface area contributed by atoms with E-state index < -0.39 is 0 Å². The average molecular weight is 376 g/mol. The van der Waals surface area contributed by atoms with Crippen LogP contribution in [-0.2, 0) is 6.42 Å². The topological polar surface area (TPSA) is 37.4 Å². The first-order valence-electron chi connectivity index (χ1n) is 10.3. The molecule has 1 saturated heterocycles. The van der Waals surface area contributed by atoms with Gasteiger partial charge in [-0.3, -0.25) is 0 Å². The minimum atomic E-state index is 0.449. The van der Waals surface area contributed by atoms with Crippen molar-refractivity contribution < 1.29 is 4.74 Å². The van der Waals surface area contributed by atoms with Crippen molar-refractivity contribution >= 4 is 16.7 Å². The Morgan fingerprint density at radius 3 is 2.82 bits per heavy atom. The molecule has 0 saturated carbocycles. The van der Waals surface area contributed by atoms with E-state index in [1.165, 1.54) is 31.4 Å². The lowest BCUT2D eigenvalue weighted by atomic mass is 10.0. The van der Waals surface area contributed by atoms with E-state index in [-0.39, 0.29) is 0 Å². The van der Waals surface area contributed by atoms with Crippen LogP contribution in [0.5, 0.6) is 5.75 Å². The number of anilines is 1. The van der Waals surface area contributed by atoms with Crippen LogP contribution >= 0.6 is 0 Å². The van der Waals surface area contributed by atoms with Crippen LogP contribution in [0.15, 0.2) is 60.7 Å². The fraction of sp³-hybridized carbons (Fsp3) is 0.375. The Labute approximate surface area is 167 Å². The number of hydrogen-bond donors (Lipinski definition) is 1. The third-order valence-electron chi connectivity index (χ3n) is 5.54. The summed E-state index contributed by atoms with van der Waals surface area (Å²) < 4.78 is 5.47. The Balaban J connectivity index is 1.34. The van der Waals surface area contributed by atoms with Gasteiger partial charge in [-0.15, -0.1) is 0 Å². The molecule has 4 rings (SSSR count). The molecular formula is C24H29N3O. The number of pyridine rings is 1. The Hall–Kier alpha value is -2.59. The minimum absolute atomic E-state index is 0.449. The number of hydrogen-bond acceptors (Lipinski definition) is 4. The average Bonchev–Trinajstić information content (AvgIpc) is 2.74. The molecule has 1 aromatic heterocycles. The third-order valence-corrected chi connectivity index (χ3v) is 5.54. The number of fused-ring (bicyclic) bond motifs is 1. The van der Waals surface area contributed by atoms with Gasteiger partial charge >= 0.3 is 0 Å². The van der Waals surface area contributed by atoms with Crippen LogP contribution in [-0.4, -0.2) is 42.7 Å². The van der Waals surface area contributed by atoms with Crippen molar-refractivity contribution in [1.29, 1.82) is 0 Å². The van der Waals surface area contributed by atoms with Crippen molar-refractivity contribution in [3.63, 3.8) is 0 Å². The number of aryl methyl sites for hydroxylation is 1. The SMILES string of the molecule is COc1cccc2ccc(NC3CCCN(CCCc4ccccc4)C3)nc12. The standard InChI is InChI=1S/C24H29N3O/c1-28-22-13-5-11-20-14-15-23(26-24(20)22)25-21-12-7-17-27(18-21)16-6-10-19-8-3-2-4-9-19/h2-5,8-9,11,13-15,21H,6-7,10,12,16-18H2,1H3,(H,25,26). The summed E-state index contributed by atoms with van der Waals surface area (Å²) >= 11 is 0. The highest BCUT2D eigenvalue weighted by Gasteiger charge is 2.20. The summed E-state index contributed by atoms with van der Waals surface area (Å²) in [6.45, 7) is 3.44. The van der Waals surface area contributed by atoms with Gasteiger partial charge in [0, 0.05) is 18.0 Å². The van der Waals surface area contributed by atoms with E-state index >= 15 is 0 Å². The molecule has 0 amide bonds. The second-order valence-corrected chi connectivity index (χ2v) is 7.60. The van der Waals surface area contributed by atoms with Crippen LogP contribution in [0.3, 0.4) is 0 Å². The highest BCUT2D eigenvalue weighted by atomic mass is 16.5. The number of benzene rings is 2. The number of piperidine rings is 1. The zero-order valence-electron chi connectivity index (χ0n) is 16.6. The number of para-hydroxylation sites is 1. The van der Waals surface area contributed by atoms with Gasteiger partial charge in [-0.05, 0) is 62.5 Å². The summed E-state index contributed by atoms with van der Waals surface area (Å²) in [5, 5.41) is 4.76. The Bertz CT molecular complexity index is 897. The molecule has 0 aliphatic carbocycles. The largest absolute Gasteiger partial charge is 0.494 e. The first-order chi connectivity index (χ1) is 13.8. The van der Waals surface area contributed by atoms with Gasteiger partial charge in [-0.25, -0.2) is 4.98 Å². The summed E-state index contributed by atoms with van der Waals surface area (Å²) in [6.07, 6.45) is 4.80. The Kier molecular flexibility index (Phi) is 6.07. The maximum atomic E-state index is 5.47. The van der Waals surface area contributed by atoms with E-state index in [0.29, 0.717) is 6.04 Å². The van der Waals surface area contributed by atoms with E-state index in [0.717, 1.165) is 42.0 Å². The van der Waals surface area contributed by atoms with Crippen molar-refractivity contribution in [2.75, 3.05) is 32.1 Å². The molecule has 1 fully saturated rings. The highest BCUT2D eigenvalue weighted by Crippen LogP contribution is 2.25. The van der Waals surface area contributed by atoms with Gasteiger partial charge in [0.05, 0.1) is 7.11 Å². The molecule has 4 heteroatoms. The van der Waals surface area contributed by atoms with Gasteiger partial charge in [-0.1, -0.05) is 42.5 Å². The molecule has 2 heterocycles. The molecule has 1 unspecified atom stereocenters. The lowest BCUT2D eigenvalue weighted by Crippen LogP contribution is -2.42. The van der Waals surface area contributed by atoms with Crippen LogP contribution in [0.4, 0.5) is 5.82 Å². The molecule has 28 heavy (non-hydrogen) atoms. The van der Waals surface area contributed by atoms with Gasteiger partial charge in [0.25, 0.3) is 0 Å². The van der Waals surface area contributed by atoms with Gasteiger partial charge in [0.2, 0.25) is 0 Å². The van der Waals surface area contributed by atoms with Gasteiger partial charge in [0.15, 0.2) is 0 Å². The summed E-state index contributed by atoms with van der Waals surface area (Å²) in [4.78, 5) is 7.40. The molecule has 4 nitrogen and oxygen atoms in total. The van der Waals surface area contributed by atoms with Crippen LogP contribution in [0, 0.1) is 0 Å². The molecule has 1 aliphatic heterocycles. The monoisotopic (exact) mass is 375 g/mol. The smallest absolute Gasteiger partial charge is 0.145 e. The molecular weight excluding hydrogens is 346 g/mol. The lowest BCUT2D eigenvalue weighted by Gasteiger charge is -2.33. The van der Waals surface area contributed by atoms with Crippen molar-refractivity contribution in [1.82, 2.24) is 9.88 Å². The van der Waals surface area contributed by atoms with Gasteiger partial charge < -0.3 is 15.0 Å². The van der Waals surface area contributed by atoms with E-state index in [9.17, 15) is 0 Å². The number of ether oxygens (including phenoxy) is 1. The minimum Gasteiger partial charge on any atom is -0.494 e. The normalized spacial score (nSPS) is 17.5. The van der Waals surface area contributed by atoms with Crippen molar-refractivity contribution in [2.45, 2.75) is 31.7 Å². The predicted molar refractivity (Wildman–Crippen MR) is 116 cm³/mol. The fourth-order valence-corrected chi connectivity index (χ4v) is 4.10. The molecule has 1 N–H and O–H groups in total. The molecule has 0 bridgehead atoms. The number of nitrogens with zero attached hydrogens (tertiary/aromatic N) is 2. The zero-order valence-corrected chi connectivity index (χ0v) is 16.6. The quantitative estimate of drug-likeness (QED) is 0.646. The number of likely N-dealkylation sites (tertiary alicyclic amines) is 1. The van der Waals surface area contributed by atoms with E-state index in [2.05, 4.69) is 58.7 Å². The molecule has 146 valence electrons. The van der Waals surface area contributed by atoms with E-state index in [1.54, 1.807) is 7.11 Å². The number of methoxy groups -OCH3 is 1. The van der Waals surface area contributed by atoms with Crippen molar-refractivity contribution in [3.05, 3.63) is 66.2 Å². The van der Waals surface area contributed by atoms with Gasteiger partial charge in [-0.2, -0.15) is 0 Å². The first kappa shape index (κ1) is 18.8. The Morgan fingerprint density at radius 2 is 1.96 bits per heavy atom. The summed E-state index contributed by atoms with van der Waals surface area (Å²) in [7, 11) is 1.70. The van der Waals surface area contributed by atoms with Crippen molar-refractivity contribution in [3.8, 4) is 5.75 Å². The lowest BCUT2D eigenvalue weighted by molar-refractivity contribution is 0.214. The van der Waals surface area contributed by atoms with Crippen LogP contribution < -0.4 is 10.1 Å². The molecule has 1 aliphatic rings. The number of nitrogens with one attached hydrogen (secondary N) is 1. The van der Waals surface area contributed by atoms with Gasteiger partial charge in [0.1, 0.15) is 17.1 Å². The third kappa shape index (κ3) is 4.63. The molecule has 0 radical (unpaired) electrons. The zero-order chi connectivity index (χ0) is 19.2. The van der Waals surface area contributed by atoms with Crippen LogP contribution in [0.25, 0.3) is 10.9 Å². The molecule has 1 atom stereocenters. The number of aromatic nitrogens is 1. The summed E-state index contributed by atoms with van der Waals surface area (Å²) in [6, 6.07) is 21.5. The molecule has 0 spiro atoms. The predicted octanol–water partition coefficient (Wildman–Crippen LogP) is 4.75. The maximum absolute atomic E-state index is 5.47. The highest BCUT2D eigenvalue weighted by molar-refractivity contribution is 5.85. The second kappa shape index (κ2) is 9.07. The summed E-state index contributed by atoms with van der Waals surface area (Å²) in [5.74, 6) is 1.76. The van der Waals surface area contributed by atoms with Crippen LogP contribution in [0.1, 0.15) is 24.8 Å². The second-order valence-electron chi connectivity index (χ2n) is 7.60. The summed E-state index contributed by atoms with van der Waals surface area (Å²) in [5.41, 5.74) is 2.36. The van der Waals surface area contributed by atoms with Crippen molar-refractivity contribution in [2.24, 2.45) is 0 Å². The molecule has 2 aromatic carbocycles. The van der Waals surface area contributed by atoms with Crippen LogP contribution in [0.2, 0.25) is 0 Å². The maximum Gasteiger partial charge on any atom is 0.145 e.